The Bertz CT molecular complexity index is 1290. The molecule has 2 aromatic rings. The fourth-order valence-corrected chi connectivity index (χ4v) is 5.51. The summed E-state index contributed by atoms with van der Waals surface area (Å²) in [5.74, 6) is -4.23. The zero-order chi connectivity index (χ0) is 26.7. The minimum atomic E-state index is -1.88. The number of esters is 2. The Labute approximate surface area is 229 Å². The molecule has 192 valence electrons. The van der Waals surface area contributed by atoms with Crippen molar-refractivity contribution in [3.63, 3.8) is 0 Å². The van der Waals surface area contributed by atoms with Crippen LogP contribution in [-0.4, -0.2) is 57.5 Å². The lowest BCUT2D eigenvalue weighted by Crippen LogP contribution is -2.56. The van der Waals surface area contributed by atoms with Crippen molar-refractivity contribution in [2.75, 3.05) is 23.2 Å². The second kappa shape index (κ2) is 10.9. The van der Waals surface area contributed by atoms with Crippen molar-refractivity contribution >= 4 is 78.4 Å². The Hall–Kier alpha value is -3.38. The third-order valence-electron chi connectivity index (χ3n) is 5.65. The molecule has 3 atom stereocenters. The first-order chi connectivity index (χ1) is 17.7. The van der Waals surface area contributed by atoms with E-state index >= 15 is 0 Å². The number of halogens is 2. The maximum Gasteiger partial charge on any atom is 0.356 e. The molecule has 4 rings (SSSR count). The summed E-state index contributed by atoms with van der Waals surface area (Å²) in [6, 6.07) is 17.0. The van der Waals surface area contributed by atoms with Crippen LogP contribution in [0.25, 0.3) is 0 Å². The highest BCUT2D eigenvalue weighted by molar-refractivity contribution is 9.13. The zero-order valence-corrected chi connectivity index (χ0v) is 23.0. The molecule has 0 aromatic heterocycles. The first-order valence-electron chi connectivity index (χ1n) is 11.4. The summed E-state index contributed by atoms with van der Waals surface area (Å²) in [4.78, 5) is 52.3. The van der Waals surface area contributed by atoms with E-state index in [4.69, 9.17) is 9.47 Å². The van der Waals surface area contributed by atoms with Crippen molar-refractivity contribution in [1.29, 1.82) is 0 Å². The number of hydrazone groups is 2. The number of ether oxygens (including phenoxy) is 2. The van der Waals surface area contributed by atoms with Gasteiger partial charge in [0.25, 0.3) is 11.8 Å². The lowest BCUT2D eigenvalue weighted by Gasteiger charge is -2.30. The molecule has 2 aliphatic rings. The standard InChI is InChI=1S/C25H22Br2N4O6/c1-3-36-22(33)18-17(21(32)30(28-18)15-11-7-5-8-12-15)19(26)25(27)20(23(34)37-4-2)29-31(24(25)35)16-13-9-6-10-14-16/h5-14,17,19H,3-4H2,1-2H3/t17-,19+,25+/m0/s1. The monoisotopic (exact) mass is 632 g/mol. The van der Waals surface area contributed by atoms with Crippen molar-refractivity contribution in [1.82, 2.24) is 0 Å². The number of hydrogen-bond donors (Lipinski definition) is 0. The normalized spacial score (nSPS) is 22.0. The quantitative estimate of drug-likeness (QED) is 0.325. The summed E-state index contributed by atoms with van der Waals surface area (Å²) in [7, 11) is 0. The van der Waals surface area contributed by atoms with Gasteiger partial charge in [0.15, 0.2) is 15.7 Å². The van der Waals surface area contributed by atoms with Crippen LogP contribution in [0.4, 0.5) is 11.4 Å². The summed E-state index contributed by atoms with van der Waals surface area (Å²) < 4.78 is 8.46. The maximum absolute atomic E-state index is 13.9. The molecule has 0 fully saturated rings. The molecule has 0 unspecified atom stereocenters. The van der Waals surface area contributed by atoms with E-state index in [1.165, 1.54) is 0 Å². The summed E-state index contributed by atoms with van der Waals surface area (Å²) in [5, 5.41) is 10.7. The third-order valence-corrected chi connectivity index (χ3v) is 8.69. The topological polar surface area (TPSA) is 118 Å². The largest absolute Gasteiger partial charge is 0.461 e. The number of carbonyl (C=O) groups excluding carboxylic acids is 4. The Morgan fingerprint density at radius 3 is 1.95 bits per heavy atom. The highest BCUT2D eigenvalue weighted by Gasteiger charge is 2.63. The molecule has 2 aromatic carbocycles. The highest BCUT2D eigenvalue weighted by atomic mass is 79.9. The zero-order valence-electron chi connectivity index (χ0n) is 19.8. The van der Waals surface area contributed by atoms with E-state index in [0.717, 1.165) is 10.0 Å². The molecule has 0 spiro atoms. The van der Waals surface area contributed by atoms with Crippen LogP contribution >= 0.6 is 31.9 Å². The summed E-state index contributed by atoms with van der Waals surface area (Å²) >= 11 is 6.90. The average molecular weight is 634 g/mol. The Balaban J connectivity index is 1.80. The Kier molecular flexibility index (Phi) is 7.88. The van der Waals surface area contributed by atoms with Gasteiger partial charge in [-0.25, -0.2) is 9.59 Å². The van der Waals surface area contributed by atoms with E-state index in [0.29, 0.717) is 11.4 Å². The molecule has 0 saturated heterocycles. The summed E-state index contributed by atoms with van der Waals surface area (Å²) in [5.41, 5.74) is 0.325. The van der Waals surface area contributed by atoms with Gasteiger partial charge in [-0.05, 0) is 38.1 Å². The minimum absolute atomic E-state index is 0.0348. The number of amides is 2. The van der Waals surface area contributed by atoms with Gasteiger partial charge in [-0.1, -0.05) is 68.3 Å². The first-order valence-corrected chi connectivity index (χ1v) is 13.1. The van der Waals surface area contributed by atoms with Crippen molar-refractivity contribution < 1.29 is 28.7 Å². The Morgan fingerprint density at radius 2 is 1.41 bits per heavy atom. The molecule has 2 aliphatic heterocycles. The third kappa shape index (κ3) is 4.71. The van der Waals surface area contributed by atoms with Gasteiger partial charge in [-0.15, -0.1) is 0 Å². The van der Waals surface area contributed by atoms with Crippen molar-refractivity contribution in [2.24, 2.45) is 16.1 Å². The van der Waals surface area contributed by atoms with Crippen LogP contribution in [0.15, 0.2) is 70.9 Å². The van der Waals surface area contributed by atoms with E-state index in [1.807, 2.05) is 0 Å². The lowest BCUT2D eigenvalue weighted by atomic mass is 9.86. The van der Waals surface area contributed by atoms with Gasteiger partial charge in [0.05, 0.1) is 29.4 Å². The predicted molar refractivity (Wildman–Crippen MR) is 144 cm³/mol. The van der Waals surface area contributed by atoms with Crippen LogP contribution in [0, 0.1) is 5.92 Å². The van der Waals surface area contributed by atoms with Gasteiger partial charge >= 0.3 is 11.9 Å². The van der Waals surface area contributed by atoms with E-state index < -0.39 is 38.8 Å². The SMILES string of the molecule is CCOC(=O)C1=NN(c2ccccc2)C(=O)[C@@H]1[C@@H](Br)[C@]1(Br)C(=O)N(c2ccccc2)N=C1C(=O)OCC. The first kappa shape index (κ1) is 26.7. The van der Waals surface area contributed by atoms with E-state index in [2.05, 4.69) is 42.1 Å². The minimum Gasteiger partial charge on any atom is -0.461 e. The van der Waals surface area contributed by atoms with Gasteiger partial charge in [0.2, 0.25) is 0 Å². The second-order valence-electron chi connectivity index (χ2n) is 7.90. The number of rotatable bonds is 8. The molecule has 37 heavy (non-hydrogen) atoms. The average Bonchev–Trinajstić information content (AvgIpc) is 3.39. The predicted octanol–water partition coefficient (Wildman–Crippen LogP) is 3.43. The van der Waals surface area contributed by atoms with E-state index in [-0.39, 0.29) is 24.6 Å². The van der Waals surface area contributed by atoms with Crippen LogP contribution in [0.5, 0.6) is 0 Å². The lowest BCUT2D eigenvalue weighted by molar-refractivity contribution is -0.136. The molecule has 2 amide bonds. The molecule has 2 heterocycles. The molecule has 0 radical (unpaired) electrons. The fraction of sp³-hybridized carbons (Fsp3) is 0.280. The number of benzene rings is 2. The molecule has 12 heteroatoms. The maximum atomic E-state index is 13.9. The van der Waals surface area contributed by atoms with E-state index in [9.17, 15) is 19.2 Å². The van der Waals surface area contributed by atoms with Crippen LogP contribution in [0.3, 0.4) is 0 Å². The van der Waals surface area contributed by atoms with Gasteiger partial charge in [-0.2, -0.15) is 20.2 Å². The van der Waals surface area contributed by atoms with Crippen LogP contribution in [0.2, 0.25) is 0 Å². The van der Waals surface area contributed by atoms with Crippen molar-refractivity contribution in [3.8, 4) is 0 Å². The van der Waals surface area contributed by atoms with Gasteiger partial charge in [0.1, 0.15) is 5.92 Å². The molecule has 0 saturated carbocycles. The fourth-order valence-electron chi connectivity index (χ4n) is 3.94. The molecular weight excluding hydrogens is 612 g/mol. The number of nitrogens with zero attached hydrogens (tertiary/aromatic N) is 4. The second-order valence-corrected chi connectivity index (χ2v) is 10.1. The van der Waals surface area contributed by atoms with Crippen molar-refractivity contribution in [2.45, 2.75) is 23.0 Å². The molecule has 0 N–H and O–H groups in total. The number of alkyl halides is 2. The van der Waals surface area contributed by atoms with Crippen LogP contribution in [0.1, 0.15) is 13.8 Å². The summed E-state index contributed by atoms with van der Waals surface area (Å²) in [6.45, 7) is 3.33. The molecule has 0 aliphatic carbocycles. The van der Waals surface area contributed by atoms with Gasteiger partial charge in [-0.3, -0.25) is 9.59 Å². The molecular formula is C25H22Br2N4O6. The van der Waals surface area contributed by atoms with Crippen LogP contribution < -0.4 is 10.0 Å². The smallest absolute Gasteiger partial charge is 0.356 e. The Morgan fingerprint density at radius 1 is 0.892 bits per heavy atom. The number of para-hydroxylation sites is 2. The molecule has 0 bridgehead atoms. The molecule has 10 nitrogen and oxygen atoms in total. The van der Waals surface area contributed by atoms with Gasteiger partial charge in [0, 0.05) is 0 Å². The van der Waals surface area contributed by atoms with Gasteiger partial charge < -0.3 is 9.47 Å². The number of anilines is 2. The summed E-state index contributed by atoms with van der Waals surface area (Å²) in [6.07, 6.45) is 0. The number of hydrogen-bond acceptors (Lipinski definition) is 8. The number of carbonyl (C=O) groups is 4. The van der Waals surface area contributed by atoms with Crippen LogP contribution in [-0.2, 0) is 28.7 Å². The van der Waals surface area contributed by atoms with E-state index in [1.54, 1.807) is 74.5 Å². The van der Waals surface area contributed by atoms with Crippen molar-refractivity contribution in [3.05, 3.63) is 60.7 Å². The highest BCUT2D eigenvalue weighted by Crippen LogP contribution is 2.44.